The van der Waals surface area contributed by atoms with Crippen LogP contribution in [-0.2, 0) is 14.3 Å². The molecule has 3 rings (SSSR count). The number of carbonyl (C=O) groups is 3. The molecule has 148 valence electrons. The molecule has 2 aromatic rings. The summed E-state index contributed by atoms with van der Waals surface area (Å²) in [5, 5.41) is 0.632. The van der Waals surface area contributed by atoms with Crippen LogP contribution >= 0.6 is 35.0 Å². The minimum Gasteiger partial charge on any atom is -0.466 e. The summed E-state index contributed by atoms with van der Waals surface area (Å²) >= 11 is 12.9. The molecule has 1 aliphatic rings. The van der Waals surface area contributed by atoms with Gasteiger partial charge in [-0.25, -0.2) is 4.79 Å². The molecule has 6 nitrogen and oxygen atoms in total. The summed E-state index contributed by atoms with van der Waals surface area (Å²) in [4.78, 5) is 42.6. The molecular formula is C20H14Cl2N2O4S. The zero-order valence-electron chi connectivity index (χ0n) is 15.3. The number of ether oxygens (including phenoxy) is 1. The van der Waals surface area contributed by atoms with Crippen LogP contribution in [0.25, 0.3) is 0 Å². The van der Waals surface area contributed by atoms with Crippen molar-refractivity contribution in [1.82, 2.24) is 0 Å². The van der Waals surface area contributed by atoms with E-state index in [1.165, 1.54) is 30.2 Å². The molecule has 1 heterocycles. The lowest BCUT2D eigenvalue weighted by atomic mass is 10.2. The van der Waals surface area contributed by atoms with Gasteiger partial charge in [0.25, 0.3) is 11.8 Å². The highest BCUT2D eigenvalue weighted by Crippen LogP contribution is 2.35. The number of thioether (sulfide) groups is 1. The molecule has 0 saturated carbocycles. The van der Waals surface area contributed by atoms with Gasteiger partial charge in [-0.15, -0.1) is 0 Å². The molecular weight excluding hydrogens is 435 g/mol. The second kappa shape index (κ2) is 8.82. The number of aliphatic imine (C=N–C) groups is 1. The summed E-state index contributed by atoms with van der Waals surface area (Å²) in [6.07, 6.45) is 1.07. The second-order valence-electron chi connectivity index (χ2n) is 5.93. The fraction of sp³-hybridized carbons (Fsp3) is 0.100. The largest absolute Gasteiger partial charge is 0.466 e. The van der Waals surface area contributed by atoms with Crippen LogP contribution in [0.3, 0.4) is 0 Å². The molecule has 1 saturated heterocycles. The van der Waals surface area contributed by atoms with Gasteiger partial charge in [-0.1, -0.05) is 40.9 Å². The van der Waals surface area contributed by atoms with Crippen molar-refractivity contribution in [2.75, 3.05) is 12.0 Å². The SMILES string of the molecule is COC(=O)C=C1SC(=NC(=O)c2ccc(Cl)cc2Cl)N(c2ccc(C)cc2)C1=O. The number of benzene rings is 2. The monoisotopic (exact) mass is 448 g/mol. The van der Waals surface area contributed by atoms with Crippen LogP contribution in [0.5, 0.6) is 0 Å². The number of aryl methyl sites for hydroxylation is 1. The number of rotatable bonds is 3. The van der Waals surface area contributed by atoms with Crippen molar-refractivity contribution in [3.05, 3.63) is 74.6 Å². The van der Waals surface area contributed by atoms with Crippen molar-refractivity contribution in [1.29, 1.82) is 0 Å². The van der Waals surface area contributed by atoms with Gasteiger partial charge >= 0.3 is 5.97 Å². The Morgan fingerprint density at radius 3 is 2.45 bits per heavy atom. The number of hydrogen-bond acceptors (Lipinski definition) is 5. The molecule has 0 N–H and O–H groups in total. The van der Waals surface area contributed by atoms with Crippen molar-refractivity contribution in [2.45, 2.75) is 6.92 Å². The van der Waals surface area contributed by atoms with E-state index in [-0.39, 0.29) is 20.7 Å². The number of anilines is 1. The number of carbonyl (C=O) groups excluding carboxylic acids is 3. The van der Waals surface area contributed by atoms with Crippen molar-refractivity contribution in [2.24, 2.45) is 4.99 Å². The molecule has 0 aromatic heterocycles. The van der Waals surface area contributed by atoms with Crippen molar-refractivity contribution < 1.29 is 19.1 Å². The number of amidine groups is 1. The summed E-state index contributed by atoms with van der Waals surface area (Å²) < 4.78 is 4.59. The van der Waals surface area contributed by atoms with Crippen LogP contribution in [0.2, 0.25) is 10.0 Å². The Kier molecular flexibility index (Phi) is 6.42. The van der Waals surface area contributed by atoms with Crippen LogP contribution in [0, 0.1) is 6.92 Å². The van der Waals surface area contributed by atoms with Crippen LogP contribution < -0.4 is 4.90 Å². The molecule has 0 bridgehead atoms. The summed E-state index contributed by atoms with van der Waals surface area (Å²) in [5.41, 5.74) is 1.65. The first-order valence-corrected chi connectivity index (χ1v) is 9.84. The molecule has 0 atom stereocenters. The number of nitrogens with zero attached hydrogens (tertiary/aromatic N) is 2. The summed E-state index contributed by atoms with van der Waals surface area (Å²) in [6, 6.07) is 11.5. The first-order chi connectivity index (χ1) is 13.8. The summed E-state index contributed by atoms with van der Waals surface area (Å²) in [6.45, 7) is 1.91. The number of amides is 2. The number of halogens is 2. The molecule has 0 aliphatic carbocycles. The van der Waals surface area contributed by atoms with Crippen molar-refractivity contribution in [3.63, 3.8) is 0 Å². The van der Waals surface area contributed by atoms with Crippen molar-refractivity contribution in [3.8, 4) is 0 Å². The van der Waals surface area contributed by atoms with Gasteiger partial charge in [0.15, 0.2) is 5.17 Å². The van der Waals surface area contributed by atoms with Gasteiger partial charge in [0.05, 0.1) is 28.3 Å². The summed E-state index contributed by atoms with van der Waals surface area (Å²) in [7, 11) is 1.21. The second-order valence-corrected chi connectivity index (χ2v) is 7.79. The lowest BCUT2D eigenvalue weighted by Gasteiger charge is -2.15. The highest BCUT2D eigenvalue weighted by Gasteiger charge is 2.36. The van der Waals surface area contributed by atoms with Gasteiger partial charge in [0, 0.05) is 11.1 Å². The maximum atomic E-state index is 12.9. The van der Waals surface area contributed by atoms with E-state index in [9.17, 15) is 14.4 Å². The van der Waals surface area contributed by atoms with E-state index in [1.54, 1.807) is 12.1 Å². The first kappa shape index (κ1) is 21.1. The Morgan fingerprint density at radius 2 is 1.83 bits per heavy atom. The highest BCUT2D eigenvalue weighted by molar-refractivity contribution is 8.19. The smallest absolute Gasteiger partial charge is 0.331 e. The Labute approximate surface area is 181 Å². The van der Waals surface area contributed by atoms with E-state index in [0.717, 1.165) is 23.4 Å². The lowest BCUT2D eigenvalue weighted by molar-refractivity contribution is -0.135. The van der Waals surface area contributed by atoms with Crippen LogP contribution in [0.15, 0.2) is 58.4 Å². The number of methoxy groups -OCH3 is 1. The third-order valence-corrected chi connectivity index (χ3v) is 5.42. The normalized spacial score (nSPS) is 16.6. The van der Waals surface area contributed by atoms with E-state index in [1.807, 2.05) is 19.1 Å². The average molecular weight is 449 g/mol. The zero-order chi connectivity index (χ0) is 21.1. The third-order valence-electron chi connectivity index (χ3n) is 3.91. The van der Waals surface area contributed by atoms with E-state index in [0.29, 0.717) is 10.7 Å². The van der Waals surface area contributed by atoms with E-state index in [4.69, 9.17) is 23.2 Å². The van der Waals surface area contributed by atoms with Crippen molar-refractivity contribution >= 4 is 63.6 Å². The number of esters is 1. The first-order valence-electron chi connectivity index (χ1n) is 8.27. The van der Waals surface area contributed by atoms with Gasteiger partial charge in [0.2, 0.25) is 0 Å². The fourth-order valence-electron chi connectivity index (χ4n) is 2.45. The topological polar surface area (TPSA) is 76.0 Å². The Balaban J connectivity index is 2.05. The Bertz CT molecular complexity index is 1060. The van der Waals surface area contributed by atoms with E-state index >= 15 is 0 Å². The van der Waals surface area contributed by atoms with Gasteiger partial charge in [-0.2, -0.15) is 4.99 Å². The summed E-state index contributed by atoms with van der Waals surface area (Å²) in [5.74, 6) is -1.81. The Hall–Kier alpha value is -2.61. The predicted molar refractivity (Wildman–Crippen MR) is 115 cm³/mol. The van der Waals surface area contributed by atoms with E-state index < -0.39 is 17.8 Å². The highest BCUT2D eigenvalue weighted by atomic mass is 35.5. The standard InChI is InChI=1S/C20H14Cl2N2O4S/c1-11-3-6-13(7-4-11)24-19(27)16(10-17(25)28-2)29-20(24)23-18(26)14-8-5-12(21)9-15(14)22/h3-10H,1-2H3. The van der Waals surface area contributed by atoms with Gasteiger partial charge in [-0.3, -0.25) is 14.5 Å². The molecule has 0 radical (unpaired) electrons. The maximum absolute atomic E-state index is 12.9. The fourth-order valence-corrected chi connectivity index (χ4v) is 3.87. The quantitative estimate of drug-likeness (QED) is 0.504. The van der Waals surface area contributed by atoms with Crippen LogP contribution in [0.1, 0.15) is 15.9 Å². The van der Waals surface area contributed by atoms with E-state index in [2.05, 4.69) is 9.73 Å². The van der Waals surface area contributed by atoms with Crippen LogP contribution in [0.4, 0.5) is 5.69 Å². The minimum absolute atomic E-state index is 0.0891. The molecule has 1 aliphatic heterocycles. The lowest BCUT2D eigenvalue weighted by Crippen LogP contribution is -2.29. The Morgan fingerprint density at radius 1 is 1.14 bits per heavy atom. The predicted octanol–water partition coefficient (Wildman–Crippen LogP) is 4.63. The molecule has 2 amide bonds. The third kappa shape index (κ3) is 4.70. The maximum Gasteiger partial charge on any atom is 0.331 e. The van der Waals surface area contributed by atoms with Gasteiger partial charge < -0.3 is 4.74 Å². The number of hydrogen-bond donors (Lipinski definition) is 0. The van der Waals surface area contributed by atoms with Gasteiger partial charge in [-0.05, 0) is 49.0 Å². The van der Waals surface area contributed by atoms with Gasteiger partial charge in [0.1, 0.15) is 0 Å². The van der Waals surface area contributed by atoms with Crippen LogP contribution in [-0.4, -0.2) is 30.1 Å². The molecule has 0 unspecified atom stereocenters. The average Bonchev–Trinajstić information content (AvgIpc) is 2.97. The molecule has 9 heteroatoms. The molecule has 2 aromatic carbocycles. The molecule has 1 fully saturated rings. The zero-order valence-corrected chi connectivity index (χ0v) is 17.6. The molecule has 0 spiro atoms. The minimum atomic E-state index is -0.682. The molecule has 29 heavy (non-hydrogen) atoms.